The van der Waals surface area contributed by atoms with Crippen molar-refractivity contribution in [3.8, 4) is 5.75 Å². The summed E-state index contributed by atoms with van der Waals surface area (Å²) in [6.45, 7) is 2.39. The first-order valence-corrected chi connectivity index (χ1v) is 11.8. The van der Waals surface area contributed by atoms with Crippen LogP contribution in [0.3, 0.4) is 0 Å². The number of amides is 1. The fourth-order valence-corrected chi connectivity index (χ4v) is 4.84. The van der Waals surface area contributed by atoms with Gasteiger partial charge in [0.15, 0.2) is 0 Å². The van der Waals surface area contributed by atoms with E-state index in [9.17, 15) is 15.0 Å². The van der Waals surface area contributed by atoms with Crippen molar-refractivity contribution in [3.05, 3.63) is 41.5 Å². The minimum atomic E-state index is -0.471. The quantitative estimate of drug-likeness (QED) is 0.301. The molecule has 1 fully saturated rings. The average Bonchev–Trinajstić information content (AvgIpc) is 3.26. The van der Waals surface area contributed by atoms with E-state index < -0.39 is 12.2 Å². The van der Waals surface area contributed by atoms with Crippen molar-refractivity contribution in [2.75, 3.05) is 13.2 Å². The molecule has 1 saturated carbocycles. The highest BCUT2D eigenvalue weighted by Crippen LogP contribution is 2.52. The van der Waals surface area contributed by atoms with Gasteiger partial charge < -0.3 is 25.4 Å². The molecule has 0 spiro atoms. The monoisotopic (exact) mass is 431 g/mol. The number of aliphatic hydroxyl groups excluding tert-OH is 3. The number of hydrogen-bond donors (Lipinski definition) is 4. The number of aliphatic hydroxyl groups is 3. The van der Waals surface area contributed by atoms with Crippen LogP contribution in [0.2, 0.25) is 0 Å². The molecule has 6 heteroatoms. The van der Waals surface area contributed by atoms with Gasteiger partial charge in [0.05, 0.1) is 18.8 Å². The van der Waals surface area contributed by atoms with Gasteiger partial charge in [0.1, 0.15) is 11.9 Å². The van der Waals surface area contributed by atoms with Crippen LogP contribution in [0.15, 0.2) is 30.4 Å². The van der Waals surface area contributed by atoms with E-state index >= 15 is 0 Å². The maximum absolute atomic E-state index is 11.8. The molecule has 4 N–H and O–H groups in total. The molecule has 1 aromatic rings. The number of aryl methyl sites for hydroxylation is 1. The summed E-state index contributed by atoms with van der Waals surface area (Å²) in [5.41, 5.74) is 2.22. The first kappa shape index (κ1) is 23.8. The molecule has 1 aliphatic carbocycles. The lowest BCUT2D eigenvalue weighted by Gasteiger charge is -2.18. The molecule has 31 heavy (non-hydrogen) atoms. The summed E-state index contributed by atoms with van der Waals surface area (Å²) in [6, 6.07) is 6.15. The van der Waals surface area contributed by atoms with Crippen molar-refractivity contribution in [2.24, 2.45) is 5.92 Å². The highest BCUT2D eigenvalue weighted by Gasteiger charge is 2.48. The van der Waals surface area contributed by atoms with E-state index in [1.54, 1.807) is 0 Å². The lowest BCUT2D eigenvalue weighted by atomic mass is 9.86. The molecule has 0 bridgehead atoms. The van der Waals surface area contributed by atoms with E-state index in [-0.39, 0.29) is 37.0 Å². The summed E-state index contributed by atoms with van der Waals surface area (Å²) in [5, 5.41) is 32.3. The van der Waals surface area contributed by atoms with Gasteiger partial charge >= 0.3 is 0 Å². The van der Waals surface area contributed by atoms with Crippen molar-refractivity contribution < 1.29 is 24.9 Å². The van der Waals surface area contributed by atoms with Gasteiger partial charge in [-0.1, -0.05) is 56.5 Å². The number of benzene rings is 1. The third kappa shape index (κ3) is 6.09. The summed E-state index contributed by atoms with van der Waals surface area (Å²) in [7, 11) is 0. The highest BCUT2D eigenvalue weighted by molar-refractivity contribution is 5.75. The Bertz CT molecular complexity index is 749. The Morgan fingerprint density at radius 2 is 2.16 bits per heavy atom. The standard InChI is InChI=1S/C25H37NO5/c1-2-3-4-9-18(28)12-13-19-21(29)16-22-24(19)20-10-5-7-17(25(20)31-22)8-6-11-23(30)26-14-15-27/h5,7,10,12-13,18-19,21-22,24,27-29H,2-4,6,8-9,11,14-16H2,1H3,(H,26,30)/b13-12+/t18-,19-,21+,22-,24-/m0/s1. The molecular formula is C25H37NO5. The number of nitrogens with one attached hydrogen (secondary N) is 1. The maximum atomic E-state index is 11.8. The van der Waals surface area contributed by atoms with Crippen molar-refractivity contribution in [3.63, 3.8) is 0 Å². The molecule has 3 rings (SSSR count). The molecule has 172 valence electrons. The van der Waals surface area contributed by atoms with E-state index in [1.807, 2.05) is 24.3 Å². The predicted molar refractivity (Wildman–Crippen MR) is 120 cm³/mol. The minimum absolute atomic E-state index is 0.0498. The molecule has 1 heterocycles. The lowest BCUT2D eigenvalue weighted by Crippen LogP contribution is -2.26. The third-order valence-corrected chi connectivity index (χ3v) is 6.43. The molecule has 1 amide bonds. The normalized spacial score (nSPS) is 25.3. The number of fused-ring (bicyclic) bond motifs is 3. The topological polar surface area (TPSA) is 99.0 Å². The molecule has 2 aliphatic rings. The van der Waals surface area contributed by atoms with Crippen LogP contribution in [0.25, 0.3) is 0 Å². The number of carbonyl (C=O) groups excluding carboxylic acids is 1. The molecule has 0 saturated heterocycles. The second kappa shape index (κ2) is 11.7. The van der Waals surface area contributed by atoms with Gasteiger partial charge in [-0.3, -0.25) is 4.79 Å². The fraction of sp³-hybridized carbons (Fsp3) is 0.640. The van der Waals surface area contributed by atoms with Crippen molar-refractivity contribution >= 4 is 5.91 Å². The zero-order valence-corrected chi connectivity index (χ0v) is 18.5. The number of para-hydroxylation sites is 1. The van der Waals surface area contributed by atoms with Gasteiger partial charge in [-0.2, -0.15) is 0 Å². The van der Waals surface area contributed by atoms with E-state index in [2.05, 4.69) is 18.3 Å². The van der Waals surface area contributed by atoms with Crippen LogP contribution in [0.5, 0.6) is 5.75 Å². The molecule has 1 aromatic carbocycles. The van der Waals surface area contributed by atoms with Crippen LogP contribution in [0.4, 0.5) is 0 Å². The summed E-state index contributed by atoms with van der Waals surface area (Å²) in [6.07, 6.45) is 9.31. The van der Waals surface area contributed by atoms with E-state index in [0.29, 0.717) is 19.3 Å². The van der Waals surface area contributed by atoms with Crippen molar-refractivity contribution in [2.45, 2.75) is 82.5 Å². The second-order valence-electron chi connectivity index (χ2n) is 8.77. The predicted octanol–water partition coefficient (Wildman–Crippen LogP) is 2.84. The molecule has 6 nitrogen and oxygen atoms in total. The fourth-order valence-electron chi connectivity index (χ4n) is 4.84. The molecule has 1 aliphatic heterocycles. The van der Waals surface area contributed by atoms with Crippen molar-refractivity contribution in [1.29, 1.82) is 0 Å². The van der Waals surface area contributed by atoms with Gasteiger partial charge in [0, 0.05) is 36.8 Å². The first-order chi connectivity index (χ1) is 15.0. The van der Waals surface area contributed by atoms with Crippen LogP contribution in [0.1, 0.15) is 68.9 Å². The molecule has 0 radical (unpaired) electrons. The summed E-state index contributed by atoms with van der Waals surface area (Å²) in [4.78, 5) is 11.8. The van der Waals surface area contributed by atoms with Gasteiger partial charge in [-0.05, 0) is 24.8 Å². The molecule has 5 atom stereocenters. The van der Waals surface area contributed by atoms with E-state index in [4.69, 9.17) is 9.84 Å². The zero-order valence-electron chi connectivity index (χ0n) is 18.5. The summed E-state index contributed by atoms with van der Waals surface area (Å²) >= 11 is 0. The number of ether oxygens (including phenoxy) is 1. The van der Waals surface area contributed by atoms with Gasteiger partial charge in [-0.25, -0.2) is 0 Å². The summed E-state index contributed by atoms with van der Waals surface area (Å²) in [5.74, 6) is 0.885. The number of rotatable bonds is 12. The minimum Gasteiger partial charge on any atom is -0.489 e. The van der Waals surface area contributed by atoms with Gasteiger partial charge in [-0.15, -0.1) is 0 Å². The van der Waals surface area contributed by atoms with Crippen LogP contribution in [-0.4, -0.2) is 52.7 Å². The Labute approximate surface area is 185 Å². The van der Waals surface area contributed by atoms with Crippen LogP contribution in [0, 0.1) is 5.92 Å². The average molecular weight is 432 g/mol. The zero-order chi connectivity index (χ0) is 22.2. The second-order valence-corrected chi connectivity index (χ2v) is 8.77. The number of carbonyl (C=O) groups is 1. The third-order valence-electron chi connectivity index (χ3n) is 6.43. The largest absolute Gasteiger partial charge is 0.489 e. The molecule has 0 aromatic heterocycles. The molecule has 0 unspecified atom stereocenters. The van der Waals surface area contributed by atoms with Crippen LogP contribution < -0.4 is 10.1 Å². The first-order valence-electron chi connectivity index (χ1n) is 11.8. The van der Waals surface area contributed by atoms with Crippen molar-refractivity contribution in [1.82, 2.24) is 5.32 Å². The van der Waals surface area contributed by atoms with E-state index in [1.165, 1.54) is 0 Å². The Hall–Kier alpha value is -1.89. The highest BCUT2D eigenvalue weighted by atomic mass is 16.5. The van der Waals surface area contributed by atoms with Gasteiger partial charge in [0.2, 0.25) is 5.91 Å². The van der Waals surface area contributed by atoms with Crippen LogP contribution >= 0.6 is 0 Å². The lowest BCUT2D eigenvalue weighted by molar-refractivity contribution is -0.121. The Morgan fingerprint density at radius 1 is 1.32 bits per heavy atom. The SMILES string of the molecule is CCCCC[C@H](O)/C=C/[C@@H]1[C@H]2c3cccc(CCCC(=O)NCCO)c3O[C@H]2C[C@H]1O. The number of hydrogen-bond acceptors (Lipinski definition) is 5. The molecular weight excluding hydrogens is 394 g/mol. The Balaban J connectivity index is 1.63. The van der Waals surface area contributed by atoms with Crippen LogP contribution in [-0.2, 0) is 11.2 Å². The summed E-state index contributed by atoms with van der Waals surface area (Å²) < 4.78 is 6.28. The Morgan fingerprint density at radius 3 is 2.94 bits per heavy atom. The maximum Gasteiger partial charge on any atom is 0.220 e. The number of unbranched alkanes of at least 4 members (excludes halogenated alkanes) is 2. The van der Waals surface area contributed by atoms with E-state index in [0.717, 1.165) is 49.0 Å². The Kier molecular flexibility index (Phi) is 8.93. The smallest absolute Gasteiger partial charge is 0.220 e. The van der Waals surface area contributed by atoms with Gasteiger partial charge in [0.25, 0.3) is 0 Å².